The van der Waals surface area contributed by atoms with E-state index in [2.05, 4.69) is 5.32 Å². The summed E-state index contributed by atoms with van der Waals surface area (Å²) in [6.45, 7) is 0. The van der Waals surface area contributed by atoms with Gasteiger partial charge >= 0.3 is 0 Å². The maximum atomic E-state index is 11.3. The fraction of sp³-hybridized carbons (Fsp3) is 0.364. The monoisotopic (exact) mass is 191 g/mol. The van der Waals surface area contributed by atoms with Crippen molar-refractivity contribution in [2.75, 3.05) is 7.05 Å². The van der Waals surface area contributed by atoms with Gasteiger partial charge in [0.1, 0.15) is 5.75 Å². The molecule has 0 aliphatic heterocycles. The number of hydrogen-bond donors (Lipinski definition) is 1. The van der Waals surface area contributed by atoms with Crippen molar-refractivity contribution in [3.05, 3.63) is 29.8 Å². The summed E-state index contributed by atoms with van der Waals surface area (Å²) in [5.74, 6) is 0.708. The van der Waals surface area contributed by atoms with Gasteiger partial charge in [-0.15, -0.1) is 0 Å². The molecule has 14 heavy (non-hydrogen) atoms. The molecule has 0 saturated heterocycles. The van der Waals surface area contributed by atoms with E-state index in [0.717, 1.165) is 18.6 Å². The lowest BCUT2D eigenvalue weighted by Gasteiger charge is -2.05. The molecule has 74 valence electrons. The second kappa shape index (κ2) is 3.70. The first-order valence-corrected chi connectivity index (χ1v) is 4.78. The molecule has 1 aromatic carbocycles. The summed E-state index contributed by atoms with van der Waals surface area (Å²) in [5.41, 5.74) is 0.644. The lowest BCUT2D eigenvalue weighted by Crippen LogP contribution is -2.17. The second-order valence-corrected chi connectivity index (χ2v) is 3.42. The Kier molecular flexibility index (Phi) is 2.39. The van der Waals surface area contributed by atoms with Crippen LogP contribution in [0, 0.1) is 0 Å². The minimum absolute atomic E-state index is 0.0775. The van der Waals surface area contributed by atoms with Crippen LogP contribution in [0.4, 0.5) is 0 Å². The highest BCUT2D eigenvalue weighted by atomic mass is 16.5. The number of nitrogens with one attached hydrogen (secondary N) is 1. The van der Waals surface area contributed by atoms with Crippen LogP contribution in [0.1, 0.15) is 23.2 Å². The first-order chi connectivity index (χ1) is 6.79. The van der Waals surface area contributed by atoms with Gasteiger partial charge in [-0.25, -0.2) is 0 Å². The van der Waals surface area contributed by atoms with E-state index in [9.17, 15) is 4.79 Å². The summed E-state index contributed by atoms with van der Waals surface area (Å²) in [7, 11) is 1.62. The van der Waals surface area contributed by atoms with Crippen LogP contribution in [-0.2, 0) is 0 Å². The van der Waals surface area contributed by atoms with Crippen molar-refractivity contribution in [1.29, 1.82) is 0 Å². The Bertz CT molecular complexity index is 345. The van der Waals surface area contributed by atoms with Crippen LogP contribution in [0.25, 0.3) is 0 Å². The van der Waals surface area contributed by atoms with Crippen LogP contribution in [-0.4, -0.2) is 19.1 Å². The number of carbonyl (C=O) groups excluding carboxylic acids is 1. The van der Waals surface area contributed by atoms with E-state index in [1.807, 2.05) is 12.1 Å². The van der Waals surface area contributed by atoms with Crippen LogP contribution < -0.4 is 10.1 Å². The van der Waals surface area contributed by atoms with Gasteiger partial charge in [0.15, 0.2) is 0 Å². The van der Waals surface area contributed by atoms with Crippen molar-refractivity contribution >= 4 is 5.91 Å². The van der Waals surface area contributed by atoms with Crippen molar-refractivity contribution in [3.63, 3.8) is 0 Å². The molecule has 1 aliphatic carbocycles. The van der Waals surface area contributed by atoms with Crippen molar-refractivity contribution in [2.24, 2.45) is 0 Å². The summed E-state index contributed by atoms with van der Waals surface area (Å²) < 4.78 is 5.58. The number of amides is 1. The molecule has 0 unspecified atom stereocenters. The maximum absolute atomic E-state index is 11.3. The summed E-state index contributed by atoms with van der Waals surface area (Å²) in [6.07, 6.45) is 2.63. The van der Waals surface area contributed by atoms with E-state index < -0.39 is 0 Å². The van der Waals surface area contributed by atoms with Gasteiger partial charge in [0.2, 0.25) is 0 Å². The van der Waals surface area contributed by atoms with E-state index >= 15 is 0 Å². The van der Waals surface area contributed by atoms with Gasteiger partial charge in [0.05, 0.1) is 6.10 Å². The molecule has 0 spiro atoms. The molecule has 1 fully saturated rings. The number of carbonyl (C=O) groups is 1. The molecule has 2 rings (SSSR count). The first kappa shape index (κ1) is 9.06. The molecule has 0 radical (unpaired) electrons. The minimum atomic E-state index is -0.0775. The number of rotatable bonds is 3. The second-order valence-electron chi connectivity index (χ2n) is 3.42. The van der Waals surface area contributed by atoms with Gasteiger partial charge in [-0.3, -0.25) is 4.79 Å². The SMILES string of the molecule is CNC(=O)c1cccc(OC2CC2)c1. The van der Waals surface area contributed by atoms with Crippen LogP contribution >= 0.6 is 0 Å². The number of benzene rings is 1. The third-order valence-corrected chi connectivity index (χ3v) is 2.15. The largest absolute Gasteiger partial charge is 0.490 e. The zero-order valence-electron chi connectivity index (χ0n) is 8.12. The molecule has 1 N–H and O–H groups in total. The topological polar surface area (TPSA) is 38.3 Å². The fourth-order valence-corrected chi connectivity index (χ4v) is 1.23. The Morgan fingerprint density at radius 3 is 2.93 bits per heavy atom. The van der Waals surface area contributed by atoms with Gasteiger partial charge < -0.3 is 10.1 Å². The van der Waals surface area contributed by atoms with E-state index in [0.29, 0.717) is 11.7 Å². The highest BCUT2D eigenvalue weighted by Crippen LogP contribution is 2.26. The molecule has 3 heteroatoms. The third-order valence-electron chi connectivity index (χ3n) is 2.15. The van der Waals surface area contributed by atoms with Gasteiger partial charge in [-0.05, 0) is 31.0 Å². The number of hydrogen-bond acceptors (Lipinski definition) is 2. The molecule has 0 aromatic heterocycles. The Hall–Kier alpha value is -1.51. The van der Waals surface area contributed by atoms with Crippen molar-refractivity contribution in [3.8, 4) is 5.75 Å². The molecule has 1 aromatic rings. The van der Waals surface area contributed by atoms with E-state index in [1.165, 1.54) is 0 Å². The van der Waals surface area contributed by atoms with E-state index in [1.54, 1.807) is 19.2 Å². The molecule has 1 saturated carbocycles. The lowest BCUT2D eigenvalue weighted by atomic mass is 10.2. The Balaban J connectivity index is 2.12. The minimum Gasteiger partial charge on any atom is -0.490 e. The van der Waals surface area contributed by atoms with Crippen LogP contribution in [0.2, 0.25) is 0 Å². The molecule has 3 nitrogen and oxygen atoms in total. The predicted molar refractivity (Wildman–Crippen MR) is 53.5 cm³/mol. The Labute approximate surface area is 83.1 Å². The van der Waals surface area contributed by atoms with Crippen molar-refractivity contribution in [2.45, 2.75) is 18.9 Å². The average molecular weight is 191 g/mol. The van der Waals surface area contributed by atoms with E-state index in [-0.39, 0.29) is 5.91 Å². The van der Waals surface area contributed by atoms with Crippen LogP contribution in [0.5, 0.6) is 5.75 Å². The van der Waals surface area contributed by atoms with Crippen LogP contribution in [0.15, 0.2) is 24.3 Å². The normalized spacial score (nSPS) is 14.9. The zero-order chi connectivity index (χ0) is 9.97. The quantitative estimate of drug-likeness (QED) is 0.787. The van der Waals surface area contributed by atoms with Crippen LogP contribution in [0.3, 0.4) is 0 Å². The Morgan fingerprint density at radius 2 is 2.29 bits per heavy atom. The molecule has 1 amide bonds. The van der Waals surface area contributed by atoms with Gasteiger partial charge in [0, 0.05) is 12.6 Å². The average Bonchev–Trinajstić information content (AvgIpc) is 3.01. The summed E-state index contributed by atoms with van der Waals surface area (Å²) in [5, 5.41) is 2.58. The summed E-state index contributed by atoms with van der Waals surface area (Å²) in [4.78, 5) is 11.3. The lowest BCUT2D eigenvalue weighted by molar-refractivity contribution is 0.0962. The highest BCUT2D eigenvalue weighted by Gasteiger charge is 2.23. The van der Waals surface area contributed by atoms with Crippen molar-refractivity contribution < 1.29 is 9.53 Å². The zero-order valence-corrected chi connectivity index (χ0v) is 8.12. The summed E-state index contributed by atoms with van der Waals surface area (Å²) in [6, 6.07) is 7.27. The van der Waals surface area contributed by atoms with Crippen molar-refractivity contribution in [1.82, 2.24) is 5.32 Å². The maximum Gasteiger partial charge on any atom is 0.251 e. The van der Waals surface area contributed by atoms with E-state index in [4.69, 9.17) is 4.74 Å². The third kappa shape index (κ3) is 2.05. The van der Waals surface area contributed by atoms with Gasteiger partial charge in [-0.1, -0.05) is 6.07 Å². The summed E-state index contributed by atoms with van der Waals surface area (Å²) >= 11 is 0. The standard InChI is InChI=1S/C11H13NO2/c1-12-11(13)8-3-2-4-10(7-8)14-9-5-6-9/h2-4,7,9H,5-6H2,1H3,(H,12,13). The van der Waals surface area contributed by atoms with Gasteiger partial charge in [0.25, 0.3) is 5.91 Å². The molecule has 0 bridgehead atoms. The highest BCUT2D eigenvalue weighted by molar-refractivity contribution is 5.94. The molecule has 0 atom stereocenters. The molecular weight excluding hydrogens is 178 g/mol. The first-order valence-electron chi connectivity index (χ1n) is 4.78. The molecule has 1 aliphatic rings. The number of ether oxygens (including phenoxy) is 1. The molecular formula is C11H13NO2. The van der Waals surface area contributed by atoms with Gasteiger partial charge in [-0.2, -0.15) is 0 Å². The smallest absolute Gasteiger partial charge is 0.251 e. The predicted octanol–water partition coefficient (Wildman–Crippen LogP) is 1.59. The molecule has 0 heterocycles. The Morgan fingerprint density at radius 1 is 1.50 bits per heavy atom. The fourth-order valence-electron chi connectivity index (χ4n) is 1.23.